The maximum Gasteiger partial charge on any atom is 0.278 e. The molecule has 19 heteroatoms. The number of nitrogens with zero attached hydrogens (tertiary/aromatic N) is 4. The van der Waals surface area contributed by atoms with Gasteiger partial charge in [-0.3, -0.25) is 24.3 Å². The SMILES string of the molecule is CC[C@H]([NH3+])C(=O)NCCSCc1cnccc1SC1=C(C(=O)[O-])N2C(=O)C(NC(=O)/C(=N/O)c3nc(N)sc3Cl)[C@H]2SC1. The minimum atomic E-state index is -1.52. The zero-order valence-corrected chi connectivity index (χ0v) is 26.6. The van der Waals surface area contributed by atoms with Gasteiger partial charge >= 0.3 is 0 Å². The molecule has 14 nitrogen and oxygen atoms in total. The number of quaternary nitrogens is 1. The number of anilines is 1. The van der Waals surface area contributed by atoms with Gasteiger partial charge in [-0.05, 0) is 11.6 Å². The first kappa shape index (κ1) is 32.9. The van der Waals surface area contributed by atoms with Crippen molar-refractivity contribution < 1.29 is 35.2 Å². The number of carbonyl (C=O) groups excluding carboxylic acids is 4. The molecule has 1 unspecified atom stereocenters. The van der Waals surface area contributed by atoms with Crippen LogP contribution in [0.2, 0.25) is 4.34 Å². The van der Waals surface area contributed by atoms with Crippen molar-refractivity contribution in [1.82, 2.24) is 25.5 Å². The Bertz CT molecular complexity index is 1490. The summed E-state index contributed by atoms with van der Waals surface area (Å²) in [4.78, 5) is 60.4. The third-order valence-electron chi connectivity index (χ3n) is 6.31. The maximum atomic E-state index is 13.1. The van der Waals surface area contributed by atoms with Gasteiger partial charge in [0.05, 0.1) is 11.7 Å². The number of pyridine rings is 1. The van der Waals surface area contributed by atoms with E-state index in [9.17, 15) is 29.5 Å². The molecule has 43 heavy (non-hydrogen) atoms. The van der Waals surface area contributed by atoms with Crippen LogP contribution in [-0.2, 0) is 24.9 Å². The van der Waals surface area contributed by atoms with Crippen LogP contribution in [0.15, 0.2) is 39.1 Å². The second-order valence-electron chi connectivity index (χ2n) is 9.08. The fourth-order valence-electron chi connectivity index (χ4n) is 4.05. The summed E-state index contributed by atoms with van der Waals surface area (Å²) >= 11 is 11.0. The number of nitrogen functional groups attached to an aromatic ring is 1. The van der Waals surface area contributed by atoms with E-state index in [1.54, 1.807) is 30.2 Å². The number of rotatable bonds is 13. The van der Waals surface area contributed by atoms with Crippen LogP contribution in [0.25, 0.3) is 0 Å². The number of thiazole rings is 1. The Hall–Kier alpha value is -3.03. The van der Waals surface area contributed by atoms with Crippen molar-refractivity contribution in [3.05, 3.63) is 44.7 Å². The lowest BCUT2D eigenvalue weighted by atomic mass is 10.0. The molecule has 1 fully saturated rings. The van der Waals surface area contributed by atoms with Crippen molar-refractivity contribution in [2.45, 2.75) is 41.5 Å². The maximum absolute atomic E-state index is 13.1. The first-order valence-electron chi connectivity index (χ1n) is 12.7. The summed E-state index contributed by atoms with van der Waals surface area (Å²) in [6.45, 7) is 2.39. The largest absolute Gasteiger partial charge is 0.543 e. The first-order valence-corrected chi connectivity index (χ1v) is 16.9. The second kappa shape index (κ2) is 14.6. The molecule has 3 atom stereocenters. The van der Waals surface area contributed by atoms with Crippen molar-refractivity contribution in [3.63, 3.8) is 0 Å². The molecule has 230 valence electrons. The lowest BCUT2D eigenvalue weighted by Gasteiger charge is -2.50. The zero-order chi connectivity index (χ0) is 31.3. The van der Waals surface area contributed by atoms with E-state index in [1.165, 1.54) is 23.5 Å². The molecule has 0 radical (unpaired) electrons. The summed E-state index contributed by atoms with van der Waals surface area (Å²) in [5.41, 5.74) is 9.32. The molecule has 2 aliphatic rings. The molecule has 2 aromatic rings. The number of thioether (sulfide) groups is 3. The predicted octanol–water partition coefficient (Wildman–Crippen LogP) is -0.524. The molecule has 4 rings (SSSR count). The highest BCUT2D eigenvalue weighted by atomic mass is 35.5. The van der Waals surface area contributed by atoms with Gasteiger partial charge in [0.15, 0.2) is 16.9 Å². The van der Waals surface area contributed by atoms with Crippen LogP contribution < -0.4 is 27.2 Å². The van der Waals surface area contributed by atoms with Crippen LogP contribution in [0.3, 0.4) is 0 Å². The first-order chi connectivity index (χ1) is 20.6. The van der Waals surface area contributed by atoms with Gasteiger partial charge in [-0.1, -0.05) is 46.8 Å². The average molecular weight is 687 g/mol. The van der Waals surface area contributed by atoms with Crippen LogP contribution in [0, 0.1) is 0 Å². The highest BCUT2D eigenvalue weighted by molar-refractivity contribution is 8.06. The fraction of sp³-hybridized carbons (Fsp3) is 0.375. The lowest BCUT2D eigenvalue weighted by Crippen LogP contribution is -2.71. The van der Waals surface area contributed by atoms with Gasteiger partial charge in [-0.15, -0.1) is 11.8 Å². The Labute approximate surface area is 267 Å². The van der Waals surface area contributed by atoms with Crippen molar-refractivity contribution >= 4 is 92.8 Å². The van der Waals surface area contributed by atoms with Crippen LogP contribution in [-0.4, -0.2) is 85.0 Å². The second-order valence-corrected chi connectivity index (χ2v) is 14.1. The predicted molar refractivity (Wildman–Crippen MR) is 163 cm³/mol. The molecule has 1 saturated heterocycles. The monoisotopic (exact) mass is 686 g/mol. The van der Waals surface area contributed by atoms with Gasteiger partial charge in [0.1, 0.15) is 21.4 Å². The van der Waals surface area contributed by atoms with Crippen LogP contribution in [0.1, 0.15) is 24.6 Å². The van der Waals surface area contributed by atoms with Crippen molar-refractivity contribution in [1.29, 1.82) is 0 Å². The van der Waals surface area contributed by atoms with E-state index in [2.05, 4.69) is 31.5 Å². The average Bonchev–Trinajstić information content (AvgIpc) is 3.32. The van der Waals surface area contributed by atoms with Gasteiger partial charge in [0.2, 0.25) is 0 Å². The summed E-state index contributed by atoms with van der Waals surface area (Å²) in [6, 6.07) is 0.389. The van der Waals surface area contributed by atoms with Crippen molar-refractivity contribution in [2.24, 2.45) is 5.16 Å². The van der Waals surface area contributed by atoms with E-state index < -0.39 is 34.9 Å². The molecule has 3 amide bonds. The third-order valence-corrected chi connectivity index (χ3v) is 11.1. The number of fused-ring (bicyclic) bond motifs is 1. The van der Waals surface area contributed by atoms with Gasteiger partial charge in [0.25, 0.3) is 17.7 Å². The molecule has 2 aromatic heterocycles. The molecule has 2 aliphatic heterocycles. The Balaban J connectivity index is 1.42. The van der Waals surface area contributed by atoms with Crippen LogP contribution in [0.4, 0.5) is 5.13 Å². The van der Waals surface area contributed by atoms with Crippen molar-refractivity contribution in [3.8, 4) is 0 Å². The highest BCUT2D eigenvalue weighted by Gasteiger charge is 2.53. The van der Waals surface area contributed by atoms with Crippen molar-refractivity contribution in [2.75, 3.05) is 23.8 Å². The van der Waals surface area contributed by atoms with E-state index in [4.69, 9.17) is 17.3 Å². The van der Waals surface area contributed by atoms with Gasteiger partial charge in [-0.2, -0.15) is 11.8 Å². The zero-order valence-electron chi connectivity index (χ0n) is 22.6. The Kier molecular flexibility index (Phi) is 11.2. The van der Waals surface area contributed by atoms with Crippen LogP contribution in [0.5, 0.6) is 0 Å². The molecule has 0 aromatic carbocycles. The molecule has 0 bridgehead atoms. The number of halogens is 1. The molecule has 8 N–H and O–H groups in total. The Morgan fingerprint density at radius 3 is 2.84 bits per heavy atom. The Morgan fingerprint density at radius 1 is 1.42 bits per heavy atom. The van der Waals surface area contributed by atoms with E-state index >= 15 is 0 Å². The number of nitrogens with two attached hydrogens (primary N) is 1. The topological polar surface area (TPSA) is 231 Å². The van der Waals surface area contributed by atoms with Crippen LogP contribution >= 0.6 is 58.2 Å². The van der Waals surface area contributed by atoms with E-state index in [-0.39, 0.29) is 38.6 Å². The van der Waals surface area contributed by atoms with E-state index in [0.29, 0.717) is 29.4 Å². The number of carbonyl (C=O) groups is 4. The number of aliphatic carboxylic acids is 1. The number of carboxylic acids is 1. The number of hydrogen-bond acceptors (Lipinski definition) is 14. The summed E-state index contributed by atoms with van der Waals surface area (Å²) in [5, 5.41) is 29.3. The molecule has 0 aliphatic carbocycles. The molecule has 0 spiro atoms. The third kappa shape index (κ3) is 7.38. The van der Waals surface area contributed by atoms with E-state index in [1.807, 2.05) is 6.92 Å². The normalized spacial score (nSPS) is 19.0. The number of hydrogen-bond donors (Lipinski definition) is 5. The number of carboxylic acid groups (broad SMARTS) is 1. The lowest BCUT2D eigenvalue weighted by molar-refractivity contribution is -0.404. The molecule has 4 heterocycles. The van der Waals surface area contributed by atoms with Gasteiger partial charge in [-0.25, -0.2) is 4.98 Å². The summed E-state index contributed by atoms with van der Waals surface area (Å²) < 4.78 is 0.0256. The number of oxime groups is 1. The number of β-lactam (4-membered cyclic amide) rings is 1. The molecular weight excluding hydrogens is 660 g/mol. The number of nitrogens with one attached hydrogen (secondary N) is 2. The highest BCUT2D eigenvalue weighted by Crippen LogP contribution is 2.45. The Morgan fingerprint density at radius 2 is 2.19 bits per heavy atom. The van der Waals surface area contributed by atoms with Gasteiger partial charge in [0, 0.05) is 52.4 Å². The molecule has 0 saturated carbocycles. The number of amides is 3. The van der Waals surface area contributed by atoms with E-state index in [0.717, 1.165) is 26.7 Å². The minimum Gasteiger partial charge on any atom is -0.543 e. The summed E-state index contributed by atoms with van der Waals surface area (Å²) in [6.07, 6.45) is 3.95. The summed E-state index contributed by atoms with van der Waals surface area (Å²) in [7, 11) is 0. The van der Waals surface area contributed by atoms with Gasteiger partial charge < -0.3 is 37.2 Å². The quantitative estimate of drug-likeness (QED) is 0.0589. The number of aromatic nitrogens is 2. The minimum absolute atomic E-state index is 0.0256. The molecular formula is C24H27ClN8O6S4. The smallest absolute Gasteiger partial charge is 0.278 e. The summed E-state index contributed by atoms with van der Waals surface area (Å²) in [5.74, 6) is -1.75. The standard InChI is InChI=1S/C24H27ClN8O6S4/c1-2-11(26)19(34)29-5-6-40-8-10-7-28-4-3-12(10)42-13-9-41-22-16(21(36)33(22)17(13)23(37)38)30-20(35)15(32-39)14-18(25)43-24(27)31-14/h3-4,7,11,16,22,39H,2,5-6,8-9,26H2,1H3,(H2,27,31)(H,29,34)(H,30,35)(H,37,38)/b32-15+/t11-,16?,22+/m0/s1. The fourth-order valence-corrected chi connectivity index (χ4v) is 8.47.